The number of aromatic nitrogens is 4. The van der Waals surface area contributed by atoms with Gasteiger partial charge in [-0.15, -0.1) is 5.10 Å². The lowest BCUT2D eigenvalue weighted by Gasteiger charge is -2.44. The van der Waals surface area contributed by atoms with E-state index in [1.807, 2.05) is 18.7 Å². The Kier molecular flexibility index (Phi) is 4.07. The van der Waals surface area contributed by atoms with Gasteiger partial charge in [-0.2, -0.15) is 9.50 Å². The maximum Gasteiger partial charge on any atom is 0.254 e. The van der Waals surface area contributed by atoms with E-state index in [0.717, 1.165) is 36.2 Å². The number of carbonyl (C=O) groups excluding carboxylic acids is 1. The minimum absolute atomic E-state index is 0.139. The fourth-order valence-electron chi connectivity index (χ4n) is 4.14. The van der Waals surface area contributed by atoms with Crippen molar-refractivity contribution in [3.05, 3.63) is 17.0 Å². The molecule has 0 aromatic carbocycles. The van der Waals surface area contributed by atoms with E-state index in [-0.39, 0.29) is 24.0 Å². The van der Waals surface area contributed by atoms with Gasteiger partial charge >= 0.3 is 0 Å². The Balaban J connectivity index is 1.61. The summed E-state index contributed by atoms with van der Waals surface area (Å²) in [5.41, 5.74) is 8.26. The molecule has 2 aliphatic rings. The molecular formula is C17H24N6O2. The molecule has 134 valence electrons. The number of morpholine rings is 1. The summed E-state index contributed by atoms with van der Waals surface area (Å²) in [5, 5.41) is 4.18. The van der Waals surface area contributed by atoms with Crippen LogP contribution in [-0.4, -0.2) is 55.7 Å². The van der Waals surface area contributed by atoms with E-state index in [1.165, 1.54) is 6.42 Å². The Morgan fingerprint density at radius 3 is 2.92 bits per heavy atom. The number of fused-ring (bicyclic) bond motifs is 2. The molecule has 0 unspecified atom stereocenters. The zero-order valence-corrected chi connectivity index (χ0v) is 14.7. The van der Waals surface area contributed by atoms with Gasteiger partial charge in [0.25, 0.3) is 5.78 Å². The summed E-state index contributed by atoms with van der Waals surface area (Å²) in [6.45, 7) is 5.14. The first-order valence-corrected chi connectivity index (χ1v) is 8.94. The Hall–Kier alpha value is -2.22. The van der Waals surface area contributed by atoms with E-state index in [4.69, 9.17) is 10.5 Å². The van der Waals surface area contributed by atoms with Gasteiger partial charge in [0, 0.05) is 23.5 Å². The van der Waals surface area contributed by atoms with Crippen molar-refractivity contribution in [2.24, 2.45) is 0 Å². The van der Waals surface area contributed by atoms with Crippen LogP contribution in [-0.2, 0) is 16.0 Å². The van der Waals surface area contributed by atoms with Gasteiger partial charge in [-0.05, 0) is 26.7 Å². The number of amides is 1. The number of nitrogens with zero attached hydrogens (tertiary/aromatic N) is 5. The summed E-state index contributed by atoms with van der Waals surface area (Å²) in [5.74, 6) is 0.805. The van der Waals surface area contributed by atoms with Gasteiger partial charge in [0.1, 0.15) is 0 Å². The molecule has 1 amide bonds. The van der Waals surface area contributed by atoms with E-state index in [1.54, 1.807) is 4.52 Å². The third-order valence-corrected chi connectivity index (χ3v) is 5.45. The molecule has 2 atom stereocenters. The summed E-state index contributed by atoms with van der Waals surface area (Å²) in [7, 11) is 0. The molecule has 2 aromatic rings. The van der Waals surface area contributed by atoms with Crippen LogP contribution in [0.15, 0.2) is 0 Å². The summed E-state index contributed by atoms with van der Waals surface area (Å²) in [6.07, 6.45) is 4.96. The molecule has 4 rings (SSSR count). The number of carbonyl (C=O) groups is 1. The van der Waals surface area contributed by atoms with Gasteiger partial charge in [-0.25, -0.2) is 4.98 Å². The average molecular weight is 344 g/mol. The van der Waals surface area contributed by atoms with Crippen molar-refractivity contribution in [1.82, 2.24) is 24.5 Å². The number of nitrogens with two attached hydrogens (primary N) is 1. The largest absolute Gasteiger partial charge is 0.374 e. The fourth-order valence-corrected chi connectivity index (χ4v) is 4.14. The number of rotatable bonds is 2. The second kappa shape index (κ2) is 6.25. The Labute approximate surface area is 146 Å². The SMILES string of the molecule is Cc1nc2nc(N)nn2c(C)c1CC(=O)N1CCO[C@@H]2CCCC[C@@H]21. The molecular weight excluding hydrogens is 320 g/mol. The average Bonchev–Trinajstić information content (AvgIpc) is 2.98. The molecule has 1 aliphatic heterocycles. The molecule has 2 aromatic heterocycles. The highest BCUT2D eigenvalue weighted by atomic mass is 16.5. The third kappa shape index (κ3) is 2.84. The van der Waals surface area contributed by atoms with E-state index >= 15 is 0 Å². The van der Waals surface area contributed by atoms with Crippen molar-refractivity contribution in [1.29, 1.82) is 0 Å². The molecule has 3 heterocycles. The van der Waals surface area contributed by atoms with E-state index in [9.17, 15) is 4.79 Å². The lowest BCUT2D eigenvalue weighted by atomic mass is 9.89. The van der Waals surface area contributed by atoms with Crippen LogP contribution in [0.1, 0.15) is 42.6 Å². The molecule has 1 saturated heterocycles. The van der Waals surface area contributed by atoms with Gasteiger partial charge in [-0.3, -0.25) is 4.79 Å². The molecule has 8 heteroatoms. The third-order valence-electron chi connectivity index (χ3n) is 5.45. The van der Waals surface area contributed by atoms with Crippen LogP contribution in [0.4, 0.5) is 5.95 Å². The van der Waals surface area contributed by atoms with E-state index in [0.29, 0.717) is 25.4 Å². The van der Waals surface area contributed by atoms with Crippen molar-refractivity contribution < 1.29 is 9.53 Å². The van der Waals surface area contributed by atoms with Crippen LogP contribution >= 0.6 is 0 Å². The summed E-state index contributed by atoms with van der Waals surface area (Å²) in [6, 6.07) is 0.217. The van der Waals surface area contributed by atoms with Crippen LogP contribution in [0.5, 0.6) is 0 Å². The van der Waals surface area contributed by atoms with Crippen molar-refractivity contribution in [2.45, 2.75) is 58.1 Å². The van der Waals surface area contributed by atoms with Gasteiger partial charge in [0.2, 0.25) is 11.9 Å². The lowest BCUT2D eigenvalue weighted by molar-refractivity contribution is -0.148. The van der Waals surface area contributed by atoms with Crippen LogP contribution in [0.25, 0.3) is 5.78 Å². The predicted octanol–water partition coefficient (Wildman–Crippen LogP) is 1.04. The highest BCUT2D eigenvalue weighted by Gasteiger charge is 2.36. The maximum absolute atomic E-state index is 13.0. The predicted molar refractivity (Wildman–Crippen MR) is 92.1 cm³/mol. The van der Waals surface area contributed by atoms with Crippen molar-refractivity contribution >= 4 is 17.6 Å². The molecule has 0 radical (unpaired) electrons. The lowest BCUT2D eigenvalue weighted by Crippen LogP contribution is -2.55. The quantitative estimate of drug-likeness (QED) is 0.874. The Bertz CT molecular complexity index is 815. The molecule has 25 heavy (non-hydrogen) atoms. The number of ether oxygens (including phenoxy) is 1. The van der Waals surface area contributed by atoms with Gasteiger partial charge in [-0.1, -0.05) is 12.8 Å². The number of hydrogen-bond acceptors (Lipinski definition) is 6. The molecule has 1 saturated carbocycles. The minimum atomic E-state index is 0.139. The number of anilines is 1. The molecule has 0 bridgehead atoms. The summed E-state index contributed by atoms with van der Waals surface area (Å²) in [4.78, 5) is 23.6. The number of hydrogen-bond donors (Lipinski definition) is 1. The molecule has 2 N–H and O–H groups in total. The smallest absolute Gasteiger partial charge is 0.254 e. The standard InChI is InChI=1S/C17H24N6O2/c1-10-12(11(2)23-17(19-10)20-16(18)21-23)9-15(24)22-7-8-25-14-6-4-3-5-13(14)22/h13-14H,3-9H2,1-2H3,(H2,18,21)/t13-,14+/m0/s1. The summed E-state index contributed by atoms with van der Waals surface area (Å²) >= 11 is 0. The first kappa shape index (κ1) is 16.3. The zero-order valence-electron chi connectivity index (χ0n) is 14.7. The van der Waals surface area contributed by atoms with Gasteiger partial charge in [0.15, 0.2) is 0 Å². The van der Waals surface area contributed by atoms with Crippen molar-refractivity contribution in [2.75, 3.05) is 18.9 Å². The number of nitrogen functional groups attached to an aromatic ring is 1. The van der Waals surface area contributed by atoms with E-state index < -0.39 is 0 Å². The topological polar surface area (TPSA) is 98.6 Å². The second-order valence-corrected chi connectivity index (χ2v) is 6.97. The monoisotopic (exact) mass is 344 g/mol. The second-order valence-electron chi connectivity index (χ2n) is 6.97. The van der Waals surface area contributed by atoms with Crippen molar-refractivity contribution in [3.63, 3.8) is 0 Å². The zero-order chi connectivity index (χ0) is 17.6. The molecule has 2 fully saturated rings. The van der Waals surface area contributed by atoms with Crippen LogP contribution < -0.4 is 5.73 Å². The normalized spacial score (nSPS) is 23.7. The van der Waals surface area contributed by atoms with Crippen LogP contribution in [0, 0.1) is 13.8 Å². The molecule has 8 nitrogen and oxygen atoms in total. The van der Waals surface area contributed by atoms with Crippen LogP contribution in [0.3, 0.4) is 0 Å². The van der Waals surface area contributed by atoms with Crippen LogP contribution in [0.2, 0.25) is 0 Å². The highest BCUT2D eigenvalue weighted by molar-refractivity contribution is 5.80. The highest BCUT2D eigenvalue weighted by Crippen LogP contribution is 2.29. The maximum atomic E-state index is 13.0. The Morgan fingerprint density at radius 1 is 1.28 bits per heavy atom. The summed E-state index contributed by atoms with van der Waals surface area (Å²) < 4.78 is 7.50. The minimum Gasteiger partial charge on any atom is -0.374 e. The van der Waals surface area contributed by atoms with Crippen molar-refractivity contribution in [3.8, 4) is 0 Å². The van der Waals surface area contributed by atoms with Gasteiger partial charge in [0.05, 0.1) is 25.2 Å². The van der Waals surface area contributed by atoms with Gasteiger partial charge < -0.3 is 15.4 Å². The number of aryl methyl sites for hydroxylation is 2. The first-order chi connectivity index (χ1) is 12.0. The Morgan fingerprint density at radius 2 is 2.08 bits per heavy atom. The van der Waals surface area contributed by atoms with E-state index in [2.05, 4.69) is 15.1 Å². The molecule has 0 spiro atoms. The first-order valence-electron chi connectivity index (χ1n) is 8.94. The fraction of sp³-hybridized carbons (Fsp3) is 0.647. The molecule has 1 aliphatic carbocycles.